The lowest BCUT2D eigenvalue weighted by molar-refractivity contribution is 0.529. The number of nitrogens with two attached hydrogens (primary N) is 1. The second kappa shape index (κ2) is 4.79. The Labute approximate surface area is 105 Å². The summed E-state index contributed by atoms with van der Waals surface area (Å²) in [4.78, 5) is 4.06. The summed E-state index contributed by atoms with van der Waals surface area (Å²) in [7, 11) is 0. The highest BCUT2D eigenvalue weighted by atomic mass is 32.1. The third-order valence-electron chi connectivity index (χ3n) is 2.86. The summed E-state index contributed by atoms with van der Waals surface area (Å²) in [5, 5.41) is 10.4. The zero-order valence-electron chi connectivity index (χ0n) is 10.2. The van der Waals surface area contributed by atoms with E-state index in [-0.39, 0.29) is 0 Å². The van der Waals surface area contributed by atoms with Gasteiger partial charge in [0.15, 0.2) is 0 Å². The van der Waals surface area contributed by atoms with Crippen LogP contribution in [-0.2, 0) is 0 Å². The molecule has 0 fully saturated rings. The quantitative estimate of drug-likeness (QED) is 0.907. The Balaban J connectivity index is 2.26. The predicted octanol–water partition coefficient (Wildman–Crippen LogP) is 2.94. The second-order valence-corrected chi connectivity index (χ2v) is 5.46. The molecule has 1 atom stereocenters. The molecule has 2 aromatic rings. The van der Waals surface area contributed by atoms with E-state index >= 15 is 0 Å². The lowest BCUT2D eigenvalue weighted by Crippen LogP contribution is -2.00. The maximum absolute atomic E-state index is 5.55. The van der Waals surface area contributed by atoms with Crippen LogP contribution in [0.15, 0.2) is 18.3 Å². The number of nitrogens with zero attached hydrogens (tertiary/aromatic N) is 3. The summed E-state index contributed by atoms with van der Waals surface area (Å²) in [6.07, 6.45) is 1.74. The molecule has 17 heavy (non-hydrogen) atoms. The minimum atomic E-state index is 0.433. The van der Waals surface area contributed by atoms with E-state index in [0.717, 1.165) is 15.6 Å². The fourth-order valence-electron chi connectivity index (χ4n) is 1.35. The average molecular weight is 248 g/mol. The number of hydrogen-bond donors (Lipinski definition) is 1. The van der Waals surface area contributed by atoms with Gasteiger partial charge in [-0.25, -0.2) is 4.98 Å². The SMILES string of the molecule is CC(C)[C@H](C)c1nnc(-c2ccc(N)nc2)s1. The highest BCUT2D eigenvalue weighted by Crippen LogP contribution is 2.30. The van der Waals surface area contributed by atoms with Gasteiger partial charge in [0.05, 0.1) is 0 Å². The van der Waals surface area contributed by atoms with E-state index in [9.17, 15) is 0 Å². The molecule has 0 saturated carbocycles. The van der Waals surface area contributed by atoms with Crippen LogP contribution < -0.4 is 5.73 Å². The van der Waals surface area contributed by atoms with E-state index in [1.54, 1.807) is 23.6 Å². The first-order chi connectivity index (χ1) is 8.08. The van der Waals surface area contributed by atoms with Crippen LogP contribution in [0.2, 0.25) is 0 Å². The molecule has 5 heteroatoms. The van der Waals surface area contributed by atoms with Gasteiger partial charge >= 0.3 is 0 Å². The molecule has 0 aliphatic carbocycles. The molecular weight excluding hydrogens is 232 g/mol. The summed E-state index contributed by atoms with van der Waals surface area (Å²) in [5.74, 6) is 1.53. The maximum atomic E-state index is 5.55. The van der Waals surface area contributed by atoms with Gasteiger partial charge in [0, 0.05) is 17.7 Å². The molecule has 2 heterocycles. The van der Waals surface area contributed by atoms with Gasteiger partial charge < -0.3 is 5.73 Å². The normalized spacial score (nSPS) is 12.9. The van der Waals surface area contributed by atoms with Crippen molar-refractivity contribution >= 4 is 17.2 Å². The molecule has 0 bridgehead atoms. The van der Waals surface area contributed by atoms with Crippen molar-refractivity contribution in [1.29, 1.82) is 0 Å². The molecule has 0 saturated heterocycles. The summed E-state index contributed by atoms with van der Waals surface area (Å²) >= 11 is 1.63. The van der Waals surface area contributed by atoms with Crippen molar-refractivity contribution in [2.45, 2.75) is 26.7 Å². The Morgan fingerprint density at radius 2 is 1.94 bits per heavy atom. The van der Waals surface area contributed by atoms with E-state index < -0.39 is 0 Å². The first-order valence-corrected chi connectivity index (χ1v) is 6.45. The average Bonchev–Trinajstić information content (AvgIpc) is 2.78. The molecule has 0 aliphatic rings. The number of aromatic nitrogens is 3. The third-order valence-corrected chi connectivity index (χ3v) is 4.04. The molecule has 90 valence electrons. The van der Waals surface area contributed by atoms with Crippen LogP contribution in [-0.4, -0.2) is 15.2 Å². The maximum Gasteiger partial charge on any atom is 0.149 e. The lowest BCUT2D eigenvalue weighted by atomic mass is 9.99. The zero-order chi connectivity index (χ0) is 12.4. The van der Waals surface area contributed by atoms with Crippen LogP contribution in [0.3, 0.4) is 0 Å². The molecule has 0 aliphatic heterocycles. The van der Waals surface area contributed by atoms with Gasteiger partial charge in [0.25, 0.3) is 0 Å². The molecular formula is C12H16N4S. The van der Waals surface area contributed by atoms with Gasteiger partial charge in [-0.2, -0.15) is 0 Å². The Morgan fingerprint density at radius 3 is 2.53 bits per heavy atom. The number of anilines is 1. The van der Waals surface area contributed by atoms with E-state index in [4.69, 9.17) is 5.73 Å². The smallest absolute Gasteiger partial charge is 0.149 e. The fourth-order valence-corrected chi connectivity index (χ4v) is 2.41. The van der Waals surface area contributed by atoms with E-state index in [2.05, 4.69) is 36.0 Å². The van der Waals surface area contributed by atoms with Crippen molar-refractivity contribution in [1.82, 2.24) is 15.2 Å². The van der Waals surface area contributed by atoms with Crippen molar-refractivity contribution < 1.29 is 0 Å². The highest BCUT2D eigenvalue weighted by Gasteiger charge is 2.16. The van der Waals surface area contributed by atoms with Gasteiger partial charge in [0.1, 0.15) is 15.8 Å². The first kappa shape index (κ1) is 12.0. The topological polar surface area (TPSA) is 64.7 Å². The number of hydrogen-bond acceptors (Lipinski definition) is 5. The van der Waals surface area contributed by atoms with E-state index in [1.165, 1.54) is 0 Å². The molecule has 0 aromatic carbocycles. The van der Waals surface area contributed by atoms with Crippen molar-refractivity contribution in [2.75, 3.05) is 5.73 Å². The van der Waals surface area contributed by atoms with Gasteiger partial charge in [-0.05, 0) is 18.1 Å². The van der Waals surface area contributed by atoms with Gasteiger partial charge in [-0.3, -0.25) is 0 Å². The molecule has 2 rings (SSSR count). The Kier molecular flexibility index (Phi) is 3.38. The molecule has 4 nitrogen and oxygen atoms in total. The van der Waals surface area contributed by atoms with Crippen LogP contribution in [0.5, 0.6) is 0 Å². The highest BCUT2D eigenvalue weighted by molar-refractivity contribution is 7.14. The van der Waals surface area contributed by atoms with Crippen molar-refractivity contribution in [3.8, 4) is 10.6 Å². The Hall–Kier alpha value is -1.49. The number of pyridine rings is 1. The molecule has 0 amide bonds. The molecule has 2 N–H and O–H groups in total. The van der Waals surface area contributed by atoms with Gasteiger partial charge in [-0.1, -0.05) is 32.1 Å². The summed E-state index contributed by atoms with van der Waals surface area (Å²) in [6.45, 7) is 6.56. The number of rotatable bonds is 3. The van der Waals surface area contributed by atoms with Crippen molar-refractivity contribution in [2.24, 2.45) is 5.92 Å². The lowest BCUT2D eigenvalue weighted by Gasteiger charge is -2.10. The van der Waals surface area contributed by atoms with E-state index in [1.807, 2.05) is 6.07 Å². The van der Waals surface area contributed by atoms with Gasteiger partial charge in [0.2, 0.25) is 0 Å². The minimum Gasteiger partial charge on any atom is -0.384 e. The van der Waals surface area contributed by atoms with Crippen LogP contribution in [0.1, 0.15) is 31.7 Å². The molecule has 0 radical (unpaired) electrons. The van der Waals surface area contributed by atoms with Crippen molar-refractivity contribution in [3.05, 3.63) is 23.3 Å². The Morgan fingerprint density at radius 1 is 1.18 bits per heavy atom. The molecule has 2 aromatic heterocycles. The van der Waals surface area contributed by atoms with Crippen LogP contribution in [0.25, 0.3) is 10.6 Å². The summed E-state index contributed by atoms with van der Waals surface area (Å²) < 4.78 is 0. The molecule has 0 unspecified atom stereocenters. The van der Waals surface area contributed by atoms with Crippen LogP contribution in [0, 0.1) is 5.92 Å². The second-order valence-electron chi connectivity index (χ2n) is 4.45. The third kappa shape index (κ3) is 2.61. The van der Waals surface area contributed by atoms with Gasteiger partial charge in [-0.15, -0.1) is 10.2 Å². The standard InChI is InChI=1S/C12H16N4S/c1-7(2)8(3)11-15-16-12(17-11)9-4-5-10(13)14-6-9/h4-8H,1-3H3,(H2,13,14)/t8-/m0/s1. The van der Waals surface area contributed by atoms with Crippen molar-refractivity contribution in [3.63, 3.8) is 0 Å². The Bertz CT molecular complexity index is 489. The van der Waals surface area contributed by atoms with Crippen LogP contribution in [0.4, 0.5) is 5.82 Å². The zero-order valence-corrected chi connectivity index (χ0v) is 11.0. The molecule has 0 spiro atoms. The predicted molar refractivity (Wildman–Crippen MR) is 70.8 cm³/mol. The first-order valence-electron chi connectivity index (χ1n) is 5.63. The van der Waals surface area contributed by atoms with Crippen LogP contribution >= 0.6 is 11.3 Å². The monoisotopic (exact) mass is 248 g/mol. The number of nitrogen functional groups attached to an aromatic ring is 1. The fraction of sp³-hybridized carbons (Fsp3) is 0.417. The summed E-state index contributed by atoms with van der Waals surface area (Å²) in [6, 6.07) is 3.70. The minimum absolute atomic E-state index is 0.433. The summed E-state index contributed by atoms with van der Waals surface area (Å²) in [5.41, 5.74) is 6.53. The van der Waals surface area contributed by atoms with E-state index in [0.29, 0.717) is 17.7 Å². The largest absolute Gasteiger partial charge is 0.384 e.